The molecule has 18 heteroatoms. The molecule has 326 valence electrons. The van der Waals surface area contributed by atoms with Crippen molar-refractivity contribution in [3.63, 3.8) is 0 Å². The van der Waals surface area contributed by atoms with E-state index in [2.05, 4.69) is 21.3 Å². The molecule has 0 aromatic heterocycles. The molecule has 2 aromatic rings. The Balaban J connectivity index is 2.21. The van der Waals surface area contributed by atoms with Crippen molar-refractivity contribution in [2.45, 2.75) is 96.7 Å². The predicted octanol–water partition coefficient (Wildman–Crippen LogP) is 3.46. The molecule has 1 aliphatic rings. The number of hydrogen-bond donors (Lipinski definition) is 5. The molecule has 0 fully saturated rings. The number of fused-ring (bicyclic) bond motifs is 5. The Morgan fingerprint density at radius 1 is 0.864 bits per heavy atom. The van der Waals surface area contributed by atoms with Gasteiger partial charge in [-0.15, -0.1) is 0 Å². The van der Waals surface area contributed by atoms with Crippen LogP contribution in [0.5, 0.6) is 11.5 Å². The molecule has 4 atom stereocenters. The summed E-state index contributed by atoms with van der Waals surface area (Å²) in [5, 5.41) is 10.7. The lowest BCUT2D eigenvalue weighted by molar-refractivity contribution is -0.145. The number of carbonyl (C=O) groups excluding carboxylic acids is 6. The summed E-state index contributed by atoms with van der Waals surface area (Å²) in [6.45, 7) is 12.1. The van der Waals surface area contributed by atoms with Gasteiger partial charge in [-0.1, -0.05) is 12.1 Å². The van der Waals surface area contributed by atoms with Crippen molar-refractivity contribution in [2.75, 3.05) is 52.5 Å². The van der Waals surface area contributed by atoms with Crippen LogP contribution < -0.4 is 36.5 Å². The molecule has 1 heterocycles. The van der Waals surface area contributed by atoms with Crippen molar-refractivity contribution < 1.29 is 52.5 Å². The van der Waals surface area contributed by atoms with Gasteiger partial charge in [-0.25, -0.2) is 14.4 Å². The lowest BCUT2D eigenvalue weighted by atomic mass is 9.93. The van der Waals surface area contributed by atoms with Crippen molar-refractivity contribution in [2.24, 2.45) is 5.73 Å². The minimum atomic E-state index is -1.29. The molecule has 0 saturated carbocycles. The number of hydrogen-bond acceptors (Lipinski definition) is 13. The number of rotatable bonds is 14. The highest BCUT2D eigenvalue weighted by Crippen LogP contribution is 2.40. The Morgan fingerprint density at radius 3 is 1.93 bits per heavy atom. The van der Waals surface area contributed by atoms with Crippen LogP contribution >= 0.6 is 11.8 Å². The zero-order chi connectivity index (χ0) is 44.1. The molecule has 0 saturated heterocycles. The van der Waals surface area contributed by atoms with Crippen LogP contribution in [-0.4, -0.2) is 123 Å². The maximum atomic E-state index is 14.2. The van der Waals surface area contributed by atoms with E-state index in [0.717, 1.165) is 0 Å². The Bertz CT molecular complexity index is 1810. The van der Waals surface area contributed by atoms with E-state index >= 15 is 0 Å². The first kappa shape index (κ1) is 48.1. The molecule has 1 aliphatic heterocycles. The van der Waals surface area contributed by atoms with E-state index in [1.54, 1.807) is 77.9 Å². The molecule has 4 bridgehead atoms. The maximum Gasteiger partial charge on any atom is 0.407 e. The number of nitrogens with two attached hydrogens (primary N) is 1. The lowest BCUT2D eigenvalue weighted by Gasteiger charge is -2.31. The molecule has 0 radical (unpaired) electrons. The summed E-state index contributed by atoms with van der Waals surface area (Å²) in [5.74, 6) is -1.30. The first-order valence-corrected chi connectivity index (χ1v) is 20.7. The van der Waals surface area contributed by atoms with Gasteiger partial charge in [-0.2, -0.15) is 11.8 Å². The SMILES string of the molecule is COC(=O)[C@@H]1Cc2ccc(OCCNC(=O)OC(C)(C)C)c(c2)-c2cc(ccc2OCCNC(=O)OC(C)(C)C)[C@H](N(C)C(=O)[C@@H](N)CCSC)C(=O)N[C@@H](C)C(=O)N1. The molecular weight excluding hydrogens is 785 g/mol. The molecule has 59 heavy (non-hydrogen) atoms. The van der Waals surface area contributed by atoms with E-state index in [-0.39, 0.29) is 32.7 Å². The van der Waals surface area contributed by atoms with E-state index in [9.17, 15) is 28.8 Å². The highest BCUT2D eigenvalue weighted by Gasteiger charge is 2.35. The summed E-state index contributed by atoms with van der Waals surface area (Å²) in [6.07, 6.45) is 1.00. The van der Waals surface area contributed by atoms with Crippen LogP contribution in [0.4, 0.5) is 9.59 Å². The second-order valence-electron chi connectivity index (χ2n) is 15.9. The fraction of sp³-hybridized carbons (Fsp3) is 0.561. The molecule has 6 N–H and O–H groups in total. The second-order valence-corrected chi connectivity index (χ2v) is 16.9. The molecule has 2 aromatic carbocycles. The maximum absolute atomic E-state index is 14.2. The first-order chi connectivity index (χ1) is 27.6. The lowest BCUT2D eigenvalue weighted by Crippen LogP contribution is -2.54. The van der Waals surface area contributed by atoms with Gasteiger partial charge in [0.2, 0.25) is 17.7 Å². The molecule has 0 unspecified atom stereocenters. The van der Waals surface area contributed by atoms with Crippen LogP contribution in [0.1, 0.15) is 72.1 Å². The predicted molar refractivity (Wildman–Crippen MR) is 223 cm³/mol. The third-order valence-electron chi connectivity index (χ3n) is 8.64. The number of benzene rings is 2. The minimum Gasteiger partial charge on any atom is -0.491 e. The average Bonchev–Trinajstić information content (AvgIpc) is 3.15. The number of nitrogens with one attached hydrogen (secondary N) is 4. The third kappa shape index (κ3) is 15.1. The van der Waals surface area contributed by atoms with Crippen LogP contribution in [0.15, 0.2) is 36.4 Å². The van der Waals surface area contributed by atoms with Gasteiger partial charge in [0.05, 0.1) is 26.2 Å². The van der Waals surface area contributed by atoms with Crippen molar-refractivity contribution >= 4 is 47.6 Å². The minimum absolute atomic E-state index is 0.00182. The Morgan fingerprint density at radius 2 is 1.41 bits per heavy atom. The van der Waals surface area contributed by atoms with E-state index < -0.39 is 71.2 Å². The average molecular weight is 845 g/mol. The molecule has 17 nitrogen and oxygen atoms in total. The summed E-state index contributed by atoms with van der Waals surface area (Å²) >= 11 is 1.53. The summed E-state index contributed by atoms with van der Waals surface area (Å²) in [4.78, 5) is 80.4. The van der Waals surface area contributed by atoms with Gasteiger partial charge >= 0.3 is 18.2 Å². The monoisotopic (exact) mass is 844 g/mol. The molecule has 0 aliphatic carbocycles. The van der Waals surface area contributed by atoms with Crippen LogP contribution in [0.2, 0.25) is 0 Å². The van der Waals surface area contributed by atoms with Gasteiger partial charge in [0.25, 0.3) is 0 Å². The highest BCUT2D eigenvalue weighted by molar-refractivity contribution is 7.98. The number of ether oxygens (including phenoxy) is 5. The van der Waals surface area contributed by atoms with Crippen molar-refractivity contribution in [1.29, 1.82) is 0 Å². The number of carbonyl (C=O) groups is 6. The summed E-state index contributed by atoms with van der Waals surface area (Å²) < 4.78 is 28.2. The van der Waals surface area contributed by atoms with Gasteiger partial charge in [-0.3, -0.25) is 14.4 Å². The Hall–Kier alpha value is -5.23. The normalized spacial score (nSPS) is 17.5. The van der Waals surface area contributed by atoms with E-state index in [1.807, 2.05) is 6.26 Å². The number of nitrogens with zero attached hydrogens (tertiary/aromatic N) is 1. The molecule has 0 spiro atoms. The van der Waals surface area contributed by atoms with Gasteiger partial charge in [0.1, 0.15) is 54.0 Å². The smallest absolute Gasteiger partial charge is 0.407 e. The van der Waals surface area contributed by atoms with E-state index in [0.29, 0.717) is 45.9 Å². The van der Waals surface area contributed by atoms with Crippen molar-refractivity contribution in [1.82, 2.24) is 26.2 Å². The quantitative estimate of drug-likeness (QED) is 0.105. The first-order valence-electron chi connectivity index (χ1n) is 19.3. The summed E-state index contributed by atoms with van der Waals surface area (Å²) in [5.41, 5.74) is 6.72. The summed E-state index contributed by atoms with van der Waals surface area (Å²) in [6, 6.07) is 5.60. The topological polar surface area (TPSA) is 226 Å². The van der Waals surface area contributed by atoms with Gasteiger partial charge in [0, 0.05) is 24.6 Å². The Kier molecular flexibility index (Phi) is 17.7. The number of likely N-dealkylation sites (N-methyl/N-ethyl adjacent to an activating group) is 1. The fourth-order valence-electron chi connectivity index (χ4n) is 5.88. The second kappa shape index (κ2) is 21.7. The number of esters is 1. The van der Waals surface area contributed by atoms with Crippen molar-refractivity contribution in [3.05, 3.63) is 47.5 Å². The third-order valence-corrected chi connectivity index (χ3v) is 9.28. The van der Waals surface area contributed by atoms with Crippen molar-refractivity contribution in [3.8, 4) is 22.6 Å². The fourth-order valence-corrected chi connectivity index (χ4v) is 6.37. The zero-order valence-electron chi connectivity index (χ0n) is 35.6. The Labute approximate surface area is 350 Å². The molecule has 5 amide bonds. The number of amides is 5. The number of alkyl carbamates (subject to hydrolysis) is 2. The molecular formula is C41H60N6O11S. The largest absolute Gasteiger partial charge is 0.491 e. The van der Waals surface area contributed by atoms with Gasteiger partial charge < -0.3 is 55.6 Å². The van der Waals surface area contributed by atoms with E-state index in [4.69, 9.17) is 29.4 Å². The highest BCUT2D eigenvalue weighted by atomic mass is 32.2. The standard InChI is InChI=1S/C41H60N6O11S/c1-24-34(48)46-30(37(51)54-9)22-25-11-13-31(55-18-16-43-38(52)57-40(2,3)4)27(21-25)28-23-26(12-14-32(28)56-19-17-44-39(53)58-41(5,6)7)33(35(49)45-24)47(8)36(50)29(42)15-20-59-10/h11-14,21,23-24,29-30,33H,15-20,22,42H2,1-10H3,(H,43,52)(H,44,53)(H,45,49)(H,46,48)/t24-,29-,30-,33-/m0/s1. The summed E-state index contributed by atoms with van der Waals surface area (Å²) in [7, 11) is 2.67. The van der Waals surface area contributed by atoms with Crippen LogP contribution in [0.25, 0.3) is 11.1 Å². The van der Waals surface area contributed by atoms with Crippen LogP contribution in [0.3, 0.4) is 0 Å². The molecule has 3 rings (SSSR count). The van der Waals surface area contributed by atoms with E-state index in [1.165, 1.54) is 37.7 Å². The number of methoxy groups -OCH3 is 1. The zero-order valence-corrected chi connectivity index (χ0v) is 36.5. The van der Waals surface area contributed by atoms with Gasteiger partial charge in [-0.05, 0) is 102 Å². The van der Waals surface area contributed by atoms with Gasteiger partial charge in [0.15, 0.2) is 0 Å². The van der Waals surface area contributed by atoms with Crippen LogP contribution in [0, 0.1) is 0 Å². The number of thioether (sulfide) groups is 1. The van der Waals surface area contributed by atoms with Crippen LogP contribution in [-0.2, 0) is 39.8 Å².